The zero-order valence-electron chi connectivity index (χ0n) is 9.91. The van der Waals surface area contributed by atoms with E-state index in [9.17, 15) is 14.9 Å². The molecule has 1 aromatic carbocycles. The van der Waals surface area contributed by atoms with Gasteiger partial charge in [-0.2, -0.15) is 0 Å². The maximum absolute atomic E-state index is 10.9. The van der Waals surface area contributed by atoms with E-state index in [1.807, 2.05) is 0 Å². The third-order valence-corrected chi connectivity index (χ3v) is 3.57. The molecule has 1 N–H and O–H groups in total. The van der Waals surface area contributed by atoms with Gasteiger partial charge in [-0.25, -0.2) is 4.79 Å². The van der Waals surface area contributed by atoms with Gasteiger partial charge in [0.05, 0.1) is 10.5 Å². The van der Waals surface area contributed by atoms with Crippen LogP contribution < -0.4 is 4.74 Å². The van der Waals surface area contributed by atoms with Crippen LogP contribution in [0.3, 0.4) is 0 Å². The van der Waals surface area contributed by atoms with Crippen molar-refractivity contribution in [2.45, 2.75) is 6.61 Å². The van der Waals surface area contributed by atoms with Crippen molar-refractivity contribution in [3.63, 3.8) is 0 Å². The van der Waals surface area contributed by atoms with Crippen LogP contribution in [0.2, 0.25) is 5.02 Å². The number of halogens is 1. The third-order valence-electron chi connectivity index (χ3n) is 2.45. The van der Waals surface area contributed by atoms with Crippen LogP contribution in [0.25, 0.3) is 0 Å². The Balaban J connectivity index is 2.21. The zero-order valence-corrected chi connectivity index (χ0v) is 11.5. The molecule has 104 valence electrons. The predicted molar refractivity (Wildman–Crippen MR) is 73.7 cm³/mol. The van der Waals surface area contributed by atoms with E-state index in [1.165, 1.54) is 24.3 Å². The van der Waals surface area contributed by atoms with Crippen LogP contribution in [-0.2, 0) is 6.61 Å². The highest BCUT2D eigenvalue weighted by Gasteiger charge is 2.17. The summed E-state index contributed by atoms with van der Waals surface area (Å²) in [5.74, 6) is -0.910. The quantitative estimate of drug-likeness (QED) is 0.673. The van der Waals surface area contributed by atoms with Crippen molar-refractivity contribution < 1.29 is 19.6 Å². The Hall–Kier alpha value is -2.12. The molecule has 2 rings (SSSR count). The lowest BCUT2D eigenvalue weighted by Crippen LogP contribution is -2.02. The van der Waals surface area contributed by atoms with Gasteiger partial charge in [0.2, 0.25) is 0 Å². The zero-order chi connectivity index (χ0) is 14.7. The van der Waals surface area contributed by atoms with E-state index in [2.05, 4.69) is 0 Å². The summed E-state index contributed by atoms with van der Waals surface area (Å²) in [5.41, 5.74) is 0.159. The topological polar surface area (TPSA) is 89.7 Å². The summed E-state index contributed by atoms with van der Waals surface area (Å²) >= 11 is 6.73. The number of carboxylic acids is 1. The summed E-state index contributed by atoms with van der Waals surface area (Å²) in [6, 6.07) is 5.73. The lowest BCUT2D eigenvalue weighted by atomic mass is 10.2. The fraction of sp³-hybridized carbons (Fsp3) is 0.0833. The summed E-state index contributed by atoms with van der Waals surface area (Å²) in [5, 5.41) is 21.7. The van der Waals surface area contributed by atoms with Gasteiger partial charge >= 0.3 is 5.97 Å². The highest BCUT2D eigenvalue weighted by Crippen LogP contribution is 2.28. The molecule has 0 aliphatic rings. The van der Waals surface area contributed by atoms with E-state index in [0.717, 1.165) is 11.3 Å². The van der Waals surface area contributed by atoms with E-state index in [-0.39, 0.29) is 27.9 Å². The summed E-state index contributed by atoms with van der Waals surface area (Å²) in [4.78, 5) is 21.3. The minimum Gasteiger partial charge on any atom is -0.487 e. The fourth-order valence-electron chi connectivity index (χ4n) is 1.55. The van der Waals surface area contributed by atoms with E-state index >= 15 is 0 Å². The van der Waals surface area contributed by atoms with Crippen molar-refractivity contribution in [3.05, 3.63) is 55.2 Å². The lowest BCUT2D eigenvalue weighted by Gasteiger charge is -2.06. The van der Waals surface area contributed by atoms with Crippen LogP contribution in [0.5, 0.6) is 5.75 Å². The van der Waals surface area contributed by atoms with Crippen LogP contribution in [0.1, 0.15) is 15.2 Å². The van der Waals surface area contributed by atoms with Crippen LogP contribution in [-0.4, -0.2) is 16.0 Å². The minimum absolute atomic E-state index is 0.0571. The van der Waals surface area contributed by atoms with Crippen molar-refractivity contribution in [2.75, 3.05) is 0 Å². The fourth-order valence-corrected chi connectivity index (χ4v) is 2.39. The predicted octanol–water partition coefficient (Wildman–Crippen LogP) is 3.59. The molecule has 8 heteroatoms. The number of nitro benzene ring substituents is 1. The molecule has 0 saturated carbocycles. The van der Waals surface area contributed by atoms with Crippen LogP contribution in [0.4, 0.5) is 5.69 Å². The van der Waals surface area contributed by atoms with E-state index in [0.29, 0.717) is 5.56 Å². The molecule has 0 amide bonds. The normalized spacial score (nSPS) is 10.2. The van der Waals surface area contributed by atoms with Gasteiger partial charge in [-0.05, 0) is 23.6 Å². The maximum Gasteiger partial charge on any atom is 0.349 e. The van der Waals surface area contributed by atoms with Crippen molar-refractivity contribution in [1.82, 2.24) is 0 Å². The second-order valence-corrected chi connectivity index (χ2v) is 5.09. The molecule has 0 radical (unpaired) electrons. The van der Waals surface area contributed by atoms with Gasteiger partial charge in [0.15, 0.2) is 4.88 Å². The average Bonchev–Trinajstić information content (AvgIpc) is 2.85. The summed E-state index contributed by atoms with van der Waals surface area (Å²) in [6.45, 7) is -0.107. The first kappa shape index (κ1) is 14.3. The number of hydrogen-bond donors (Lipinski definition) is 1. The van der Waals surface area contributed by atoms with Gasteiger partial charge in [-0.15, -0.1) is 11.3 Å². The van der Waals surface area contributed by atoms with Crippen molar-refractivity contribution >= 4 is 34.6 Å². The number of nitrogens with zero attached hydrogens (tertiary/aromatic N) is 1. The number of nitro groups is 1. The molecule has 1 aromatic heterocycles. The Morgan fingerprint density at radius 1 is 1.45 bits per heavy atom. The Bertz CT molecular complexity index is 670. The molecular weight excluding hydrogens is 306 g/mol. The molecule has 6 nitrogen and oxygen atoms in total. The Morgan fingerprint density at radius 2 is 2.20 bits per heavy atom. The van der Waals surface area contributed by atoms with Crippen molar-refractivity contribution in [3.8, 4) is 5.75 Å². The van der Waals surface area contributed by atoms with Crippen molar-refractivity contribution in [1.29, 1.82) is 0 Å². The minimum atomic E-state index is -1.10. The van der Waals surface area contributed by atoms with Gasteiger partial charge < -0.3 is 9.84 Å². The molecule has 0 fully saturated rings. The van der Waals surface area contributed by atoms with E-state index < -0.39 is 10.9 Å². The first-order chi connectivity index (χ1) is 9.49. The molecule has 0 aliphatic heterocycles. The average molecular weight is 314 g/mol. The number of ether oxygens (including phenoxy) is 1. The van der Waals surface area contributed by atoms with Gasteiger partial charge in [0.25, 0.3) is 5.69 Å². The molecular formula is C12H8ClNO5S. The summed E-state index contributed by atoms with van der Waals surface area (Å²) < 4.78 is 5.34. The number of benzene rings is 1. The molecule has 0 spiro atoms. The SMILES string of the molecule is O=C(O)c1sccc1OCc1ccc(Cl)cc1[N+](=O)[O-]. The maximum atomic E-state index is 10.9. The first-order valence-corrected chi connectivity index (χ1v) is 6.61. The highest BCUT2D eigenvalue weighted by atomic mass is 35.5. The molecule has 2 aromatic rings. The lowest BCUT2D eigenvalue weighted by molar-refractivity contribution is -0.385. The molecule has 20 heavy (non-hydrogen) atoms. The Morgan fingerprint density at radius 3 is 2.85 bits per heavy atom. The summed E-state index contributed by atoms with van der Waals surface area (Å²) in [6.07, 6.45) is 0. The second kappa shape index (κ2) is 5.89. The van der Waals surface area contributed by atoms with Gasteiger partial charge in [-0.3, -0.25) is 10.1 Å². The van der Waals surface area contributed by atoms with Gasteiger partial charge in [0.1, 0.15) is 12.4 Å². The number of carboxylic acid groups (broad SMARTS) is 1. The van der Waals surface area contributed by atoms with Gasteiger partial charge in [0, 0.05) is 11.1 Å². The number of aromatic carboxylic acids is 1. The van der Waals surface area contributed by atoms with Gasteiger partial charge in [-0.1, -0.05) is 11.6 Å². The molecule has 0 saturated heterocycles. The third kappa shape index (κ3) is 3.06. The molecule has 0 atom stereocenters. The number of rotatable bonds is 5. The van der Waals surface area contributed by atoms with E-state index in [4.69, 9.17) is 21.4 Å². The molecule has 1 heterocycles. The van der Waals surface area contributed by atoms with Crippen LogP contribution in [0, 0.1) is 10.1 Å². The van der Waals surface area contributed by atoms with Crippen LogP contribution in [0.15, 0.2) is 29.6 Å². The van der Waals surface area contributed by atoms with E-state index in [1.54, 1.807) is 5.38 Å². The number of thiophene rings is 1. The number of carbonyl (C=O) groups is 1. The Labute approximate surface area is 122 Å². The van der Waals surface area contributed by atoms with Crippen LogP contribution >= 0.6 is 22.9 Å². The molecule has 0 bridgehead atoms. The first-order valence-electron chi connectivity index (χ1n) is 5.35. The largest absolute Gasteiger partial charge is 0.487 e. The molecule has 0 aliphatic carbocycles. The number of hydrogen-bond acceptors (Lipinski definition) is 5. The second-order valence-electron chi connectivity index (χ2n) is 3.74. The monoisotopic (exact) mass is 313 g/mol. The standard InChI is InChI=1S/C12H8ClNO5S/c13-8-2-1-7(9(5-8)14(17)18)6-19-10-3-4-20-11(10)12(15)16/h1-5H,6H2,(H,15,16). The molecule has 0 unspecified atom stereocenters. The summed E-state index contributed by atoms with van der Waals surface area (Å²) in [7, 11) is 0. The Kier molecular flexibility index (Phi) is 4.21. The smallest absolute Gasteiger partial charge is 0.349 e. The van der Waals surface area contributed by atoms with Crippen molar-refractivity contribution in [2.24, 2.45) is 0 Å². The highest BCUT2D eigenvalue weighted by molar-refractivity contribution is 7.12.